The minimum Gasteiger partial charge on any atom is -0.192 e. The lowest BCUT2D eigenvalue weighted by atomic mass is 10.2. The molecule has 70 valence electrons. The van der Waals surface area contributed by atoms with Crippen molar-refractivity contribution in [1.82, 2.24) is 0 Å². The van der Waals surface area contributed by atoms with Crippen LogP contribution in [0.25, 0.3) is 10.1 Å². The molecule has 1 heterocycles. The number of nitriles is 1. The molecule has 0 N–H and O–H groups in total. The molecule has 0 saturated carbocycles. The van der Waals surface area contributed by atoms with Crippen molar-refractivity contribution < 1.29 is 0 Å². The monoisotopic (exact) mass is 283 g/mol. The Labute approximate surface area is 98.9 Å². The first-order chi connectivity index (χ1) is 6.76. The van der Waals surface area contributed by atoms with Gasteiger partial charge in [0.05, 0.1) is 5.56 Å². The van der Waals surface area contributed by atoms with Gasteiger partial charge in [-0.3, -0.25) is 0 Å². The Morgan fingerprint density at radius 3 is 2.93 bits per heavy atom. The summed E-state index contributed by atoms with van der Waals surface area (Å²) in [5, 5.41) is 12.2. The van der Waals surface area contributed by atoms with Gasteiger partial charge in [0.15, 0.2) is 0 Å². The van der Waals surface area contributed by atoms with Crippen LogP contribution in [0, 0.1) is 11.3 Å². The molecule has 0 aliphatic heterocycles. The summed E-state index contributed by atoms with van der Waals surface area (Å²) in [5.74, 6) is 0. The third-order valence-corrected chi connectivity index (χ3v) is 4.50. The second-order valence-electron chi connectivity index (χ2n) is 2.74. The first-order valence-electron chi connectivity index (χ1n) is 3.91. The molecule has 2 aromatic rings. The lowest BCUT2D eigenvalue weighted by Crippen LogP contribution is -1.76. The molecule has 0 aliphatic rings. The summed E-state index contributed by atoms with van der Waals surface area (Å²) < 4.78 is 2.05. The van der Waals surface area contributed by atoms with Crippen LogP contribution in [0.3, 0.4) is 0 Å². The van der Waals surface area contributed by atoms with Crippen LogP contribution in [0.15, 0.2) is 26.9 Å². The molecule has 0 amide bonds. The first-order valence-corrected chi connectivity index (χ1v) is 6.81. The summed E-state index contributed by atoms with van der Waals surface area (Å²) in [6.07, 6.45) is 2.06. The number of thioether (sulfide) groups is 1. The van der Waals surface area contributed by atoms with Crippen LogP contribution in [-0.2, 0) is 0 Å². The summed E-state index contributed by atoms with van der Waals surface area (Å²) in [6, 6.07) is 6.13. The highest BCUT2D eigenvalue weighted by molar-refractivity contribution is 9.10. The highest BCUT2D eigenvalue weighted by atomic mass is 79.9. The Kier molecular flexibility index (Phi) is 2.82. The second-order valence-corrected chi connectivity index (χ2v) is 5.36. The van der Waals surface area contributed by atoms with E-state index >= 15 is 0 Å². The Morgan fingerprint density at radius 2 is 2.29 bits per heavy atom. The fourth-order valence-electron chi connectivity index (χ4n) is 1.27. The number of hydrogen-bond donors (Lipinski definition) is 0. The lowest BCUT2D eigenvalue weighted by molar-refractivity contribution is 1.48. The predicted octanol–water partition coefficient (Wildman–Crippen LogP) is 4.26. The highest BCUT2D eigenvalue weighted by Crippen LogP contribution is 2.35. The van der Waals surface area contributed by atoms with Crippen molar-refractivity contribution in [3.63, 3.8) is 0 Å². The first kappa shape index (κ1) is 10.0. The lowest BCUT2D eigenvalue weighted by Gasteiger charge is -1.97. The van der Waals surface area contributed by atoms with Gasteiger partial charge in [-0.1, -0.05) is 0 Å². The van der Waals surface area contributed by atoms with Crippen LogP contribution in [0.1, 0.15) is 5.56 Å². The molecule has 0 spiro atoms. The smallest absolute Gasteiger partial charge is 0.100 e. The van der Waals surface area contributed by atoms with E-state index < -0.39 is 0 Å². The Hall–Kier alpha value is -0.500. The summed E-state index contributed by atoms with van der Waals surface area (Å²) in [7, 11) is 0. The number of thiophene rings is 1. The van der Waals surface area contributed by atoms with E-state index in [9.17, 15) is 0 Å². The zero-order chi connectivity index (χ0) is 10.1. The van der Waals surface area contributed by atoms with E-state index in [1.54, 1.807) is 23.1 Å². The molecule has 0 radical (unpaired) electrons. The molecule has 4 heteroatoms. The van der Waals surface area contributed by atoms with Crippen molar-refractivity contribution in [2.75, 3.05) is 6.26 Å². The highest BCUT2D eigenvalue weighted by Gasteiger charge is 2.07. The molecule has 1 nitrogen and oxygen atoms in total. The zero-order valence-corrected chi connectivity index (χ0v) is 10.6. The molecule has 0 aliphatic carbocycles. The maximum atomic E-state index is 8.86. The van der Waals surface area contributed by atoms with E-state index in [1.807, 2.05) is 12.1 Å². The molecule has 2 rings (SSSR count). The van der Waals surface area contributed by atoms with Gasteiger partial charge in [0.25, 0.3) is 0 Å². The molecule has 14 heavy (non-hydrogen) atoms. The minimum atomic E-state index is 0.701. The van der Waals surface area contributed by atoms with Crippen molar-refractivity contribution in [3.8, 4) is 6.07 Å². The molecule has 0 unspecified atom stereocenters. The van der Waals surface area contributed by atoms with Gasteiger partial charge >= 0.3 is 0 Å². The van der Waals surface area contributed by atoms with Gasteiger partial charge in [-0.2, -0.15) is 5.26 Å². The van der Waals surface area contributed by atoms with E-state index in [0.29, 0.717) is 5.56 Å². The van der Waals surface area contributed by atoms with Gasteiger partial charge in [0.2, 0.25) is 0 Å². The van der Waals surface area contributed by atoms with Crippen LogP contribution < -0.4 is 0 Å². The molecule has 0 atom stereocenters. The largest absolute Gasteiger partial charge is 0.192 e. The molecular formula is C10H6BrNS2. The minimum absolute atomic E-state index is 0.701. The fourth-order valence-corrected chi connectivity index (χ4v) is 3.53. The van der Waals surface area contributed by atoms with E-state index in [4.69, 9.17) is 5.26 Å². The Bertz CT molecular complexity index is 525. The third kappa shape index (κ3) is 1.56. The van der Waals surface area contributed by atoms with E-state index in [1.165, 1.54) is 15.0 Å². The van der Waals surface area contributed by atoms with Crippen LogP contribution >= 0.6 is 39.0 Å². The topological polar surface area (TPSA) is 23.8 Å². The second kappa shape index (κ2) is 3.93. The van der Waals surface area contributed by atoms with Gasteiger partial charge in [-0.05, 0) is 34.3 Å². The van der Waals surface area contributed by atoms with Crippen LogP contribution in [0.2, 0.25) is 0 Å². The normalized spacial score (nSPS) is 10.4. The van der Waals surface area contributed by atoms with Gasteiger partial charge < -0.3 is 0 Å². The van der Waals surface area contributed by atoms with E-state index in [-0.39, 0.29) is 0 Å². The molecule has 1 aromatic carbocycles. The van der Waals surface area contributed by atoms with Crippen molar-refractivity contribution in [2.24, 2.45) is 0 Å². The number of fused-ring (bicyclic) bond motifs is 1. The molecule has 0 bridgehead atoms. The third-order valence-electron chi connectivity index (χ3n) is 1.97. The summed E-state index contributed by atoms with van der Waals surface area (Å²) in [5.41, 5.74) is 0.701. The van der Waals surface area contributed by atoms with Crippen molar-refractivity contribution in [1.29, 1.82) is 5.26 Å². The molecule has 0 saturated heterocycles. The van der Waals surface area contributed by atoms with Crippen molar-refractivity contribution in [3.05, 3.63) is 27.5 Å². The van der Waals surface area contributed by atoms with E-state index in [0.717, 1.165) is 4.47 Å². The average Bonchev–Trinajstić information content (AvgIpc) is 2.58. The van der Waals surface area contributed by atoms with Crippen LogP contribution in [0.4, 0.5) is 0 Å². The van der Waals surface area contributed by atoms with Gasteiger partial charge in [-0.15, -0.1) is 23.1 Å². The summed E-state index contributed by atoms with van der Waals surface area (Å²) >= 11 is 6.82. The van der Waals surface area contributed by atoms with Crippen molar-refractivity contribution in [2.45, 2.75) is 4.90 Å². The summed E-state index contributed by atoms with van der Waals surface area (Å²) in [6.45, 7) is 0. The molecule has 0 fully saturated rings. The maximum Gasteiger partial charge on any atom is 0.100 e. The van der Waals surface area contributed by atoms with Crippen molar-refractivity contribution >= 4 is 49.1 Å². The van der Waals surface area contributed by atoms with Gasteiger partial charge in [0.1, 0.15) is 6.07 Å². The average molecular weight is 284 g/mol. The summed E-state index contributed by atoms with van der Waals surface area (Å²) in [4.78, 5) is 1.27. The number of hydrogen-bond acceptors (Lipinski definition) is 3. The Morgan fingerprint density at radius 1 is 1.50 bits per heavy atom. The number of benzene rings is 1. The Balaban J connectivity index is 2.77. The molecule has 1 aromatic heterocycles. The SMILES string of the molecule is CSc1csc2cc(C#N)c(Br)cc12. The fraction of sp³-hybridized carbons (Fsp3) is 0.100. The van der Waals surface area contributed by atoms with Crippen LogP contribution in [0.5, 0.6) is 0 Å². The maximum absolute atomic E-state index is 8.86. The van der Waals surface area contributed by atoms with E-state index in [2.05, 4.69) is 33.6 Å². The number of rotatable bonds is 1. The predicted molar refractivity (Wildman–Crippen MR) is 66.0 cm³/mol. The zero-order valence-electron chi connectivity index (χ0n) is 7.37. The van der Waals surface area contributed by atoms with Crippen LogP contribution in [-0.4, -0.2) is 6.26 Å². The number of nitrogens with zero attached hydrogens (tertiary/aromatic N) is 1. The quantitative estimate of drug-likeness (QED) is 0.731. The number of halogens is 1. The molecular weight excluding hydrogens is 278 g/mol. The standard InChI is InChI=1S/C10H6BrNS2/c1-13-10-5-14-9-2-6(4-12)8(11)3-7(9)10/h2-3,5H,1H3. The van der Waals surface area contributed by atoms with Gasteiger partial charge in [-0.25, -0.2) is 0 Å². The van der Waals surface area contributed by atoms with Gasteiger partial charge in [0, 0.05) is 24.8 Å².